The molecule has 0 aliphatic heterocycles. The topological polar surface area (TPSA) is 82.2 Å². The third kappa shape index (κ3) is 4.19. The number of benzene rings is 1. The van der Waals surface area contributed by atoms with Crippen LogP contribution >= 0.6 is 0 Å². The molecule has 0 saturated heterocycles. The minimum atomic E-state index is -0.552. The van der Waals surface area contributed by atoms with Crippen LogP contribution in [0.1, 0.15) is 6.42 Å². The van der Waals surface area contributed by atoms with Gasteiger partial charge < -0.3 is 19.1 Å². The van der Waals surface area contributed by atoms with Crippen molar-refractivity contribution in [3.8, 4) is 17.2 Å². The maximum absolute atomic E-state index is 11.7. The first-order valence-electron chi connectivity index (χ1n) is 7.25. The van der Waals surface area contributed by atoms with Gasteiger partial charge in [0.05, 0.1) is 12.4 Å². The fraction of sp³-hybridized carbons (Fsp3) is 0.188. The van der Waals surface area contributed by atoms with Gasteiger partial charge in [-0.1, -0.05) is 30.3 Å². The molecule has 0 radical (unpaired) electrons. The molecule has 118 valence electrons. The standard InChI is InChI=1S/C16H16N4O3/c21-16(18-7-4-9-20-10-8-17-12-20)22-15-11-14(23-19-15)13-5-2-1-3-6-13/h1-3,5-6,8,10-12H,4,7,9H2,(H,18,21). The monoisotopic (exact) mass is 312 g/mol. The number of ether oxygens (including phenoxy) is 1. The maximum atomic E-state index is 11.7. The number of amides is 1. The number of rotatable bonds is 6. The summed E-state index contributed by atoms with van der Waals surface area (Å²) in [6.45, 7) is 1.28. The van der Waals surface area contributed by atoms with Crippen LogP contribution in [-0.4, -0.2) is 27.3 Å². The Morgan fingerprint density at radius 1 is 1.30 bits per heavy atom. The second-order valence-corrected chi connectivity index (χ2v) is 4.87. The number of aromatic nitrogens is 3. The average Bonchev–Trinajstić information content (AvgIpc) is 3.24. The SMILES string of the molecule is O=C(NCCCn1ccnc1)Oc1cc(-c2ccccc2)on1. The average molecular weight is 312 g/mol. The molecule has 3 aromatic rings. The Bertz CT molecular complexity index is 738. The Labute approximate surface area is 132 Å². The Morgan fingerprint density at radius 2 is 2.17 bits per heavy atom. The molecule has 0 fully saturated rings. The van der Waals surface area contributed by atoms with E-state index in [1.54, 1.807) is 18.6 Å². The fourth-order valence-electron chi connectivity index (χ4n) is 2.05. The van der Waals surface area contributed by atoms with E-state index in [0.29, 0.717) is 12.3 Å². The summed E-state index contributed by atoms with van der Waals surface area (Å²) in [6, 6.07) is 11.1. The lowest BCUT2D eigenvalue weighted by atomic mass is 10.2. The summed E-state index contributed by atoms with van der Waals surface area (Å²) < 4.78 is 12.2. The van der Waals surface area contributed by atoms with Crippen LogP contribution in [0.5, 0.6) is 5.88 Å². The van der Waals surface area contributed by atoms with E-state index in [-0.39, 0.29) is 5.88 Å². The number of imidazole rings is 1. The highest BCUT2D eigenvalue weighted by Gasteiger charge is 2.10. The van der Waals surface area contributed by atoms with E-state index in [1.165, 1.54) is 0 Å². The quantitative estimate of drug-likeness (QED) is 0.708. The highest BCUT2D eigenvalue weighted by molar-refractivity contribution is 5.70. The molecule has 7 nitrogen and oxygen atoms in total. The Morgan fingerprint density at radius 3 is 2.96 bits per heavy atom. The van der Waals surface area contributed by atoms with Crippen LogP contribution in [0.15, 0.2) is 59.6 Å². The van der Waals surface area contributed by atoms with Crippen molar-refractivity contribution in [2.75, 3.05) is 6.54 Å². The van der Waals surface area contributed by atoms with Gasteiger partial charge in [-0.15, -0.1) is 0 Å². The second kappa shape index (κ2) is 7.26. The second-order valence-electron chi connectivity index (χ2n) is 4.87. The van der Waals surface area contributed by atoms with E-state index in [2.05, 4.69) is 15.5 Å². The summed E-state index contributed by atoms with van der Waals surface area (Å²) in [4.78, 5) is 15.6. The molecular weight excluding hydrogens is 296 g/mol. The summed E-state index contributed by atoms with van der Waals surface area (Å²) in [7, 11) is 0. The highest BCUT2D eigenvalue weighted by Crippen LogP contribution is 2.23. The molecule has 0 unspecified atom stereocenters. The molecule has 2 aromatic heterocycles. The molecule has 7 heteroatoms. The molecule has 23 heavy (non-hydrogen) atoms. The lowest BCUT2D eigenvalue weighted by Gasteiger charge is -2.04. The van der Waals surface area contributed by atoms with Gasteiger partial charge in [0.2, 0.25) is 0 Å². The molecular formula is C16H16N4O3. The van der Waals surface area contributed by atoms with Gasteiger partial charge in [0.1, 0.15) is 0 Å². The van der Waals surface area contributed by atoms with Gasteiger partial charge in [-0.2, -0.15) is 0 Å². The third-order valence-electron chi connectivity index (χ3n) is 3.17. The van der Waals surface area contributed by atoms with E-state index < -0.39 is 6.09 Å². The first kappa shape index (κ1) is 14.8. The molecule has 0 atom stereocenters. The van der Waals surface area contributed by atoms with E-state index >= 15 is 0 Å². The first-order chi connectivity index (χ1) is 11.3. The van der Waals surface area contributed by atoms with E-state index in [0.717, 1.165) is 18.5 Å². The highest BCUT2D eigenvalue weighted by atomic mass is 16.6. The lowest BCUT2D eigenvalue weighted by molar-refractivity contribution is 0.195. The molecule has 2 heterocycles. The largest absolute Gasteiger partial charge is 0.414 e. The van der Waals surface area contributed by atoms with E-state index in [9.17, 15) is 4.79 Å². The van der Waals surface area contributed by atoms with Gasteiger partial charge in [0.25, 0.3) is 5.88 Å². The third-order valence-corrected chi connectivity index (χ3v) is 3.17. The van der Waals surface area contributed by atoms with Crippen LogP contribution in [0, 0.1) is 0 Å². The fourth-order valence-corrected chi connectivity index (χ4v) is 2.05. The predicted molar refractivity (Wildman–Crippen MR) is 82.8 cm³/mol. The van der Waals surface area contributed by atoms with Crippen LogP contribution in [0.25, 0.3) is 11.3 Å². The predicted octanol–water partition coefficient (Wildman–Crippen LogP) is 2.72. The molecule has 0 saturated carbocycles. The van der Waals surface area contributed by atoms with Crippen LogP contribution < -0.4 is 10.1 Å². The Kier molecular flexibility index (Phi) is 4.68. The summed E-state index contributed by atoms with van der Waals surface area (Å²) >= 11 is 0. The van der Waals surface area contributed by atoms with Gasteiger partial charge in [-0.3, -0.25) is 0 Å². The smallest absolute Gasteiger partial charge is 0.388 e. The molecule has 1 N–H and O–H groups in total. The Hall–Kier alpha value is -3.09. The van der Waals surface area contributed by atoms with Gasteiger partial charge in [0.15, 0.2) is 5.76 Å². The van der Waals surface area contributed by atoms with E-state index in [1.807, 2.05) is 41.1 Å². The van der Waals surface area contributed by atoms with Crippen molar-refractivity contribution in [3.63, 3.8) is 0 Å². The Balaban J connectivity index is 1.44. The molecule has 0 spiro atoms. The van der Waals surface area contributed by atoms with Crippen molar-refractivity contribution in [1.82, 2.24) is 20.0 Å². The molecule has 1 aromatic carbocycles. The molecule has 3 rings (SSSR count). The van der Waals surface area contributed by atoms with Crippen LogP contribution in [0.2, 0.25) is 0 Å². The summed E-state index contributed by atoms with van der Waals surface area (Å²) in [5.74, 6) is 0.685. The molecule has 0 aliphatic carbocycles. The first-order valence-corrected chi connectivity index (χ1v) is 7.25. The zero-order valence-corrected chi connectivity index (χ0v) is 12.4. The maximum Gasteiger partial charge on any atom is 0.414 e. The van der Waals surface area contributed by atoms with Crippen LogP contribution in [-0.2, 0) is 6.54 Å². The number of nitrogens with one attached hydrogen (secondary N) is 1. The number of carbonyl (C=O) groups excluding carboxylic acids is 1. The molecule has 0 bridgehead atoms. The van der Waals surface area contributed by atoms with Gasteiger partial charge >= 0.3 is 6.09 Å². The van der Waals surface area contributed by atoms with Gasteiger partial charge in [-0.25, -0.2) is 9.78 Å². The van der Waals surface area contributed by atoms with Crippen molar-refractivity contribution in [1.29, 1.82) is 0 Å². The molecule has 0 aliphatic rings. The minimum absolute atomic E-state index is 0.135. The summed E-state index contributed by atoms with van der Waals surface area (Å²) in [6.07, 6.45) is 5.55. The number of hydrogen-bond donors (Lipinski definition) is 1. The number of hydrogen-bond acceptors (Lipinski definition) is 5. The molecule has 1 amide bonds. The minimum Gasteiger partial charge on any atom is -0.388 e. The zero-order valence-electron chi connectivity index (χ0n) is 12.4. The van der Waals surface area contributed by atoms with Crippen molar-refractivity contribution in [2.24, 2.45) is 0 Å². The van der Waals surface area contributed by atoms with Gasteiger partial charge in [-0.05, 0) is 11.6 Å². The van der Waals surface area contributed by atoms with E-state index in [4.69, 9.17) is 9.26 Å². The van der Waals surface area contributed by atoms with Crippen molar-refractivity contribution < 1.29 is 14.1 Å². The summed E-state index contributed by atoms with van der Waals surface area (Å²) in [5, 5.41) is 6.40. The van der Waals surface area contributed by atoms with Crippen molar-refractivity contribution in [2.45, 2.75) is 13.0 Å². The zero-order chi connectivity index (χ0) is 15.9. The summed E-state index contributed by atoms with van der Waals surface area (Å²) in [5.41, 5.74) is 0.871. The van der Waals surface area contributed by atoms with Crippen LogP contribution in [0.4, 0.5) is 4.79 Å². The number of aryl methyl sites for hydroxylation is 1. The normalized spacial score (nSPS) is 10.4. The van der Waals surface area contributed by atoms with Crippen LogP contribution in [0.3, 0.4) is 0 Å². The number of nitrogens with zero attached hydrogens (tertiary/aromatic N) is 3. The van der Waals surface area contributed by atoms with Crippen molar-refractivity contribution >= 4 is 6.09 Å². The van der Waals surface area contributed by atoms with Gasteiger partial charge in [0, 0.05) is 31.0 Å². The van der Waals surface area contributed by atoms with Crippen molar-refractivity contribution in [3.05, 3.63) is 55.1 Å². The number of carbonyl (C=O) groups is 1. The lowest BCUT2D eigenvalue weighted by Crippen LogP contribution is -2.28.